The van der Waals surface area contributed by atoms with E-state index in [9.17, 15) is 4.39 Å². The van der Waals surface area contributed by atoms with Crippen LogP contribution in [0.4, 0.5) is 10.1 Å². The van der Waals surface area contributed by atoms with Gasteiger partial charge in [-0.15, -0.1) is 0 Å². The Kier molecular flexibility index (Phi) is 5.60. The Morgan fingerprint density at radius 3 is 2.81 bits per heavy atom. The first-order valence-electron chi connectivity index (χ1n) is 6.86. The molecule has 108 valence electrons. The van der Waals surface area contributed by atoms with E-state index in [1.165, 1.54) is 6.07 Å². The van der Waals surface area contributed by atoms with Crippen molar-refractivity contribution in [3.8, 4) is 11.8 Å². The fourth-order valence-electron chi connectivity index (χ4n) is 1.88. The predicted molar refractivity (Wildman–Crippen MR) is 80.5 cm³/mol. The van der Waals surface area contributed by atoms with Crippen LogP contribution in [0, 0.1) is 17.1 Å². The molecular weight excluding hydrogens is 267 g/mol. The van der Waals surface area contributed by atoms with E-state index in [0.717, 1.165) is 11.4 Å². The summed E-state index contributed by atoms with van der Waals surface area (Å²) in [6.07, 6.45) is 1.20. The van der Waals surface area contributed by atoms with Gasteiger partial charge in [-0.2, -0.15) is 5.26 Å². The van der Waals surface area contributed by atoms with Gasteiger partial charge in [0.2, 0.25) is 0 Å². The van der Waals surface area contributed by atoms with E-state index < -0.39 is 0 Å². The van der Waals surface area contributed by atoms with Crippen LogP contribution in [0.1, 0.15) is 18.4 Å². The molecule has 0 aliphatic rings. The first-order valence-corrected chi connectivity index (χ1v) is 6.86. The molecule has 0 atom stereocenters. The van der Waals surface area contributed by atoms with Crippen molar-refractivity contribution < 1.29 is 9.13 Å². The van der Waals surface area contributed by atoms with E-state index in [0.29, 0.717) is 31.6 Å². The van der Waals surface area contributed by atoms with E-state index in [-0.39, 0.29) is 5.82 Å². The van der Waals surface area contributed by atoms with Crippen molar-refractivity contribution in [3.63, 3.8) is 0 Å². The summed E-state index contributed by atoms with van der Waals surface area (Å²) >= 11 is 0. The highest BCUT2D eigenvalue weighted by molar-refractivity contribution is 5.48. The lowest BCUT2D eigenvalue weighted by Crippen LogP contribution is -2.02. The van der Waals surface area contributed by atoms with Crippen LogP contribution < -0.4 is 10.1 Å². The van der Waals surface area contributed by atoms with Crippen LogP contribution in [0.15, 0.2) is 48.5 Å². The van der Waals surface area contributed by atoms with Crippen LogP contribution in [0.3, 0.4) is 0 Å². The zero-order valence-corrected chi connectivity index (χ0v) is 11.7. The summed E-state index contributed by atoms with van der Waals surface area (Å²) < 4.78 is 19.1. The smallest absolute Gasteiger partial charge is 0.128 e. The van der Waals surface area contributed by atoms with Crippen molar-refractivity contribution in [2.75, 3.05) is 11.9 Å². The molecule has 0 spiro atoms. The summed E-state index contributed by atoms with van der Waals surface area (Å²) in [4.78, 5) is 0. The van der Waals surface area contributed by atoms with Gasteiger partial charge >= 0.3 is 0 Å². The van der Waals surface area contributed by atoms with Crippen LogP contribution >= 0.6 is 0 Å². The molecule has 1 N–H and O–H groups in total. The number of rotatable bonds is 7. The number of nitriles is 1. The second kappa shape index (κ2) is 7.91. The summed E-state index contributed by atoms with van der Waals surface area (Å²) in [5.74, 6) is 0.528. The maximum absolute atomic E-state index is 13.5. The molecule has 0 fully saturated rings. The first-order chi connectivity index (χ1) is 10.3. The Labute approximate surface area is 124 Å². The number of hydrogen-bond donors (Lipinski definition) is 1. The van der Waals surface area contributed by atoms with Crippen molar-refractivity contribution in [2.45, 2.75) is 19.4 Å². The molecule has 0 radical (unpaired) electrons. The molecule has 0 saturated carbocycles. The number of benzene rings is 2. The average Bonchev–Trinajstić information content (AvgIpc) is 2.51. The topological polar surface area (TPSA) is 45.0 Å². The van der Waals surface area contributed by atoms with Gasteiger partial charge in [-0.3, -0.25) is 0 Å². The molecule has 3 nitrogen and oxygen atoms in total. The summed E-state index contributed by atoms with van der Waals surface area (Å²) in [5.41, 5.74) is 1.49. The maximum atomic E-state index is 13.5. The molecule has 21 heavy (non-hydrogen) atoms. The molecule has 2 aromatic rings. The second-order valence-corrected chi connectivity index (χ2v) is 4.58. The number of nitrogens with zero attached hydrogens (tertiary/aromatic N) is 1. The Bertz CT molecular complexity index is 622. The van der Waals surface area contributed by atoms with Gasteiger partial charge in [0.1, 0.15) is 11.6 Å². The third-order valence-electron chi connectivity index (χ3n) is 2.98. The molecule has 0 aliphatic carbocycles. The zero-order chi connectivity index (χ0) is 14.9. The number of hydrogen-bond acceptors (Lipinski definition) is 3. The molecule has 0 aromatic heterocycles. The molecular formula is C17H17FN2O. The Morgan fingerprint density at radius 1 is 1.14 bits per heavy atom. The van der Waals surface area contributed by atoms with E-state index in [1.807, 2.05) is 30.3 Å². The first kappa shape index (κ1) is 14.9. The number of halogens is 1. The highest BCUT2D eigenvalue weighted by Crippen LogP contribution is 2.19. The zero-order valence-electron chi connectivity index (χ0n) is 11.7. The summed E-state index contributed by atoms with van der Waals surface area (Å²) in [6, 6.07) is 16.3. The van der Waals surface area contributed by atoms with Gasteiger partial charge in [0.25, 0.3) is 0 Å². The molecule has 0 aliphatic heterocycles. The minimum atomic E-state index is -0.214. The molecule has 0 saturated heterocycles. The predicted octanol–water partition coefficient (Wildman–Crippen LogP) is 4.12. The lowest BCUT2D eigenvalue weighted by atomic mass is 10.2. The maximum Gasteiger partial charge on any atom is 0.128 e. The molecule has 2 rings (SSSR count). The summed E-state index contributed by atoms with van der Waals surface area (Å²) in [7, 11) is 0. The van der Waals surface area contributed by atoms with Gasteiger partial charge < -0.3 is 10.1 Å². The fourth-order valence-corrected chi connectivity index (χ4v) is 1.88. The molecule has 0 amide bonds. The average molecular weight is 284 g/mol. The lowest BCUT2D eigenvalue weighted by molar-refractivity contribution is 0.313. The minimum Gasteiger partial charge on any atom is -0.493 e. The Hall–Kier alpha value is -2.54. The van der Waals surface area contributed by atoms with Crippen LogP contribution in [0.5, 0.6) is 5.75 Å². The largest absolute Gasteiger partial charge is 0.493 e. The van der Waals surface area contributed by atoms with Crippen molar-refractivity contribution in [1.82, 2.24) is 0 Å². The highest BCUT2D eigenvalue weighted by atomic mass is 19.1. The molecule has 0 unspecified atom stereocenters. The van der Waals surface area contributed by atoms with Gasteiger partial charge in [-0.05, 0) is 24.6 Å². The van der Waals surface area contributed by atoms with Crippen LogP contribution in [-0.2, 0) is 6.54 Å². The second-order valence-electron chi connectivity index (χ2n) is 4.58. The van der Waals surface area contributed by atoms with Crippen molar-refractivity contribution in [1.29, 1.82) is 5.26 Å². The van der Waals surface area contributed by atoms with Gasteiger partial charge in [0, 0.05) is 30.3 Å². The monoisotopic (exact) mass is 284 g/mol. The van der Waals surface area contributed by atoms with E-state index in [4.69, 9.17) is 10.00 Å². The van der Waals surface area contributed by atoms with E-state index in [1.54, 1.807) is 12.1 Å². The minimum absolute atomic E-state index is 0.214. The normalized spacial score (nSPS) is 9.90. The molecule has 0 bridgehead atoms. The molecule has 0 heterocycles. The number of nitrogens with one attached hydrogen (secondary N) is 1. The number of unbranched alkanes of at least 4 members (excludes halogenated alkanes) is 1. The molecule has 4 heteroatoms. The standard InChI is InChI=1S/C17H17FN2O/c18-17-9-2-1-6-14(17)13-20-15-7-5-8-16(12-15)21-11-4-3-10-19/h1-2,5-9,12,20H,3-4,11,13H2. The summed E-state index contributed by atoms with van der Waals surface area (Å²) in [6.45, 7) is 0.939. The van der Waals surface area contributed by atoms with E-state index in [2.05, 4.69) is 11.4 Å². The van der Waals surface area contributed by atoms with Crippen molar-refractivity contribution in [3.05, 3.63) is 59.9 Å². The van der Waals surface area contributed by atoms with E-state index >= 15 is 0 Å². The van der Waals surface area contributed by atoms with Crippen molar-refractivity contribution >= 4 is 5.69 Å². The number of ether oxygens (including phenoxy) is 1. The fraction of sp³-hybridized carbons (Fsp3) is 0.235. The third kappa shape index (κ3) is 4.81. The number of anilines is 1. The third-order valence-corrected chi connectivity index (χ3v) is 2.98. The Balaban J connectivity index is 1.89. The van der Waals surface area contributed by atoms with Crippen LogP contribution in [0.2, 0.25) is 0 Å². The Morgan fingerprint density at radius 2 is 2.00 bits per heavy atom. The SMILES string of the molecule is N#CCCCOc1cccc(NCc2ccccc2F)c1. The highest BCUT2D eigenvalue weighted by Gasteiger charge is 2.01. The quantitative estimate of drug-likeness (QED) is 0.778. The molecule has 2 aromatic carbocycles. The lowest BCUT2D eigenvalue weighted by Gasteiger charge is -2.10. The van der Waals surface area contributed by atoms with Gasteiger partial charge in [0.15, 0.2) is 0 Å². The van der Waals surface area contributed by atoms with Gasteiger partial charge in [0.05, 0.1) is 12.7 Å². The van der Waals surface area contributed by atoms with Crippen LogP contribution in [-0.4, -0.2) is 6.61 Å². The van der Waals surface area contributed by atoms with Crippen molar-refractivity contribution in [2.24, 2.45) is 0 Å². The summed E-state index contributed by atoms with van der Waals surface area (Å²) in [5, 5.41) is 11.6. The van der Waals surface area contributed by atoms with Gasteiger partial charge in [-0.1, -0.05) is 24.3 Å². The van der Waals surface area contributed by atoms with Gasteiger partial charge in [-0.25, -0.2) is 4.39 Å². The van der Waals surface area contributed by atoms with Crippen LogP contribution in [0.25, 0.3) is 0 Å².